The van der Waals surface area contributed by atoms with Crippen molar-refractivity contribution in [1.29, 1.82) is 0 Å². The maximum atomic E-state index is 13.2. The first-order valence-corrected chi connectivity index (χ1v) is 7.31. The summed E-state index contributed by atoms with van der Waals surface area (Å²) in [6.07, 6.45) is 1.20. The van der Waals surface area contributed by atoms with Crippen LogP contribution in [0.25, 0.3) is 11.5 Å². The molecule has 1 amide bonds. The highest BCUT2D eigenvalue weighted by Gasteiger charge is 2.11. The van der Waals surface area contributed by atoms with Gasteiger partial charge in [0.2, 0.25) is 5.89 Å². The molecule has 0 saturated carbocycles. The Labute approximate surface area is 139 Å². The van der Waals surface area contributed by atoms with Gasteiger partial charge in [-0.3, -0.25) is 4.79 Å². The van der Waals surface area contributed by atoms with E-state index in [1.165, 1.54) is 18.4 Å². The summed E-state index contributed by atoms with van der Waals surface area (Å²) >= 11 is 3.29. The zero-order valence-electron chi connectivity index (χ0n) is 11.6. The molecule has 5 nitrogen and oxygen atoms in total. The van der Waals surface area contributed by atoms with Crippen molar-refractivity contribution in [2.45, 2.75) is 0 Å². The second-order valence-electron chi connectivity index (χ2n) is 4.60. The number of rotatable bonds is 4. The minimum absolute atomic E-state index is 0.0593. The molecule has 0 radical (unpaired) electrons. The fraction of sp³-hybridized carbons (Fsp3) is 0. The number of oxazole rings is 1. The molecular weight excluding hydrogens is 367 g/mol. The minimum Gasteiger partial charge on any atom is -0.456 e. The SMILES string of the molecule is NC(=O)c1coc(-c2ccc(Oc3cc(F)ccc3Br)cc2)n1. The van der Waals surface area contributed by atoms with Gasteiger partial charge < -0.3 is 14.9 Å². The molecule has 2 N–H and O–H groups in total. The summed E-state index contributed by atoms with van der Waals surface area (Å²) in [4.78, 5) is 15.0. The quantitative estimate of drug-likeness (QED) is 0.742. The Morgan fingerprint density at radius 3 is 2.61 bits per heavy atom. The number of primary amides is 1. The van der Waals surface area contributed by atoms with E-state index in [-0.39, 0.29) is 11.6 Å². The highest BCUT2D eigenvalue weighted by atomic mass is 79.9. The molecule has 0 aliphatic carbocycles. The smallest absolute Gasteiger partial charge is 0.270 e. The predicted octanol–water partition coefficient (Wildman–Crippen LogP) is 4.13. The van der Waals surface area contributed by atoms with Gasteiger partial charge in [0.25, 0.3) is 5.91 Å². The summed E-state index contributed by atoms with van der Waals surface area (Å²) in [6.45, 7) is 0. The molecule has 0 fully saturated rings. The molecule has 7 heteroatoms. The lowest BCUT2D eigenvalue weighted by Gasteiger charge is -2.08. The third-order valence-corrected chi connectivity index (χ3v) is 3.63. The number of nitrogens with zero attached hydrogens (tertiary/aromatic N) is 1. The van der Waals surface area contributed by atoms with Crippen molar-refractivity contribution in [2.75, 3.05) is 0 Å². The van der Waals surface area contributed by atoms with Gasteiger partial charge in [-0.05, 0) is 52.3 Å². The molecular formula is C16H10BrFN2O3. The van der Waals surface area contributed by atoms with Gasteiger partial charge in [0.05, 0.1) is 4.47 Å². The van der Waals surface area contributed by atoms with E-state index in [1.807, 2.05) is 0 Å². The van der Waals surface area contributed by atoms with Crippen molar-refractivity contribution < 1.29 is 18.3 Å². The minimum atomic E-state index is -0.657. The zero-order chi connectivity index (χ0) is 16.4. The molecule has 1 heterocycles. The van der Waals surface area contributed by atoms with Crippen LogP contribution in [0.5, 0.6) is 11.5 Å². The van der Waals surface area contributed by atoms with Crippen LogP contribution in [0, 0.1) is 5.82 Å². The van der Waals surface area contributed by atoms with Crippen molar-refractivity contribution in [1.82, 2.24) is 4.98 Å². The molecule has 0 bridgehead atoms. The Bertz CT molecular complexity index is 862. The van der Waals surface area contributed by atoms with Gasteiger partial charge in [0, 0.05) is 11.6 Å². The first-order valence-electron chi connectivity index (χ1n) is 6.51. The monoisotopic (exact) mass is 376 g/mol. The van der Waals surface area contributed by atoms with Crippen LogP contribution < -0.4 is 10.5 Å². The van der Waals surface area contributed by atoms with E-state index in [1.54, 1.807) is 30.3 Å². The first kappa shape index (κ1) is 15.2. The van der Waals surface area contributed by atoms with Gasteiger partial charge in [0.1, 0.15) is 23.6 Å². The summed E-state index contributed by atoms with van der Waals surface area (Å²) in [5.41, 5.74) is 5.84. The molecule has 116 valence electrons. The van der Waals surface area contributed by atoms with E-state index >= 15 is 0 Å². The fourth-order valence-corrected chi connectivity index (χ4v) is 2.19. The molecule has 0 saturated heterocycles. The Balaban J connectivity index is 1.81. The van der Waals surface area contributed by atoms with Gasteiger partial charge in [-0.2, -0.15) is 0 Å². The summed E-state index contributed by atoms with van der Waals surface area (Å²) in [7, 11) is 0. The number of amides is 1. The average molecular weight is 377 g/mol. The van der Waals surface area contributed by atoms with Gasteiger partial charge in [-0.1, -0.05) is 0 Å². The van der Waals surface area contributed by atoms with Crippen molar-refractivity contribution in [3.8, 4) is 23.0 Å². The Hall–Kier alpha value is -2.67. The number of aromatic nitrogens is 1. The van der Waals surface area contributed by atoms with E-state index < -0.39 is 11.7 Å². The van der Waals surface area contributed by atoms with Crippen LogP contribution in [0.2, 0.25) is 0 Å². The normalized spacial score (nSPS) is 10.5. The third-order valence-electron chi connectivity index (χ3n) is 2.98. The van der Waals surface area contributed by atoms with Gasteiger partial charge in [-0.25, -0.2) is 9.37 Å². The predicted molar refractivity (Wildman–Crippen MR) is 84.6 cm³/mol. The van der Waals surface area contributed by atoms with Crippen LogP contribution in [0.3, 0.4) is 0 Å². The molecule has 0 atom stereocenters. The van der Waals surface area contributed by atoms with E-state index in [0.29, 0.717) is 21.5 Å². The van der Waals surface area contributed by atoms with Crippen LogP contribution in [-0.2, 0) is 0 Å². The highest BCUT2D eigenvalue weighted by molar-refractivity contribution is 9.10. The second kappa shape index (κ2) is 6.21. The molecule has 0 spiro atoms. The Morgan fingerprint density at radius 1 is 1.22 bits per heavy atom. The molecule has 0 unspecified atom stereocenters. The number of nitrogens with two attached hydrogens (primary N) is 1. The van der Waals surface area contributed by atoms with Crippen molar-refractivity contribution in [3.63, 3.8) is 0 Å². The standard InChI is InChI=1S/C16H10BrFN2O3/c17-12-6-3-10(18)7-14(12)23-11-4-1-9(2-5-11)16-20-13(8-22-16)15(19)21/h1-8H,(H2,19,21). The lowest BCUT2D eigenvalue weighted by atomic mass is 10.2. The van der Waals surface area contributed by atoms with Crippen LogP contribution in [0.15, 0.2) is 57.6 Å². The average Bonchev–Trinajstić information content (AvgIpc) is 3.02. The Kier molecular flexibility index (Phi) is 4.12. The molecule has 23 heavy (non-hydrogen) atoms. The van der Waals surface area contributed by atoms with Crippen molar-refractivity contribution in [2.24, 2.45) is 5.73 Å². The summed E-state index contributed by atoms with van der Waals surface area (Å²) in [5.74, 6) is 0.110. The largest absolute Gasteiger partial charge is 0.456 e. The van der Waals surface area contributed by atoms with E-state index in [0.717, 1.165) is 0 Å². The van der Waals surface area contributed by atoms with E-state index in [9.17, 15) is 9.18 Å². The van der Waals surface area contributed by atoms with E-state index in [2.05, 4.69) is 20.9 Å². The third kappa shape index (κ3) is 3.40. The summed E-state index contributed by atoms with van der Waals surface area (Å²) in [5, 5.41) is 0. The fourth-order valence-electron chi connectivity index (χ4n) is 1.87. The maximum Gasteiger partial charge on any atom is 0.270 e. The number of ether oxygens (including phenoxy) is 1. The number of hydrogen-bond donors (Lipinski definition) is 1. The zero-order valence-corrected chi connectivity index (χ0v) is 13.2. The number of carbonyl (C=O) groups is 1. The van der Waals surface area contributed by atoms with Crippen molar-refractivity contribution >= 4 is 21.8 Å². The number of carbonyl (C=O) groups excluding carboxylic acids is 1. The number of benzene rings is 2. The van der Waals surface area contributed by atoms with Gasteiger partial charge in [0.15, 0.2) is 5.69 Å². The van der Waals surface area contributed by atoms with Gasteiger partial charge in [-0.15, -0.1) is 0 Å². The molecule has 3 aromatic rings. The first-order chi connectivity index (χ1) is 11.0. The maximum absolute atomic E-state index is 13.2. The van der Waals surface area contributed by atoms with Crippen LogP contribution in [-0.4, -0.2) is 10.9 Å². The number of hydrogen-bond acceptors (Lipinski definition) is 4. The summed E-state index contributed by atoms with van der Waals surface area (Å²) < 4.78 is 24.7. The number of halogens is 2. The molecule has 3 rings (SSSR count). The van der Waals surface area contributed by atoms with Gasteiger partial charge >= 0.3 is 0 Å². The van der Waals surface area contributed by atoms with Crippen LogP contribution in [0.1, 0.15) is 10.5 Å². The molecule has 2 aromatic carbocycles. The molecule has 1 aromatic heterocycles. The highest BCUT2D eigenvalue weighted by Crippen LogP contribution is 2.31. The Morgan fingerprint density at radius 2 is 1.96 bits per heavy atom. The lowest BCUT2D eigenvalue weighted by molar-refractivity contribution is 0.0995. The lowest BCUT2D eigenvalue weighted by Crippen LogP contribution is -2.10. The van der Waals surface area contributed by atoms with Crippen LogP contribution in [0.4, 0.5) is 4.39 Å². The van der Waals surface area contributed by atoms with Crippen molar-refractivity contribution in [3.05, 3.63) is 64.7 Å². The summed E-state index contributed by atoms with van der Waals surface area (Å²) in [6, 6.07) is 11.0. The van der Waals surface area contributed by atoms with Crippen LogP contribution >= 0.6 is 15.9 Å². The topological polar surface area (TPSA) is 78.4 Å². The second-order valence-corrected chi connectivity index (χ2v) is 5.46. The molecule has 0 aliphatic rings. The van der Waals surface area contributed by atoms with E-state index in [4.69, 9.17) is 14.9 Å². The molecule has 0 aliphatic heterocycles.